The molecule has 0 saturated heterocycles. The Bertz CT molecular complexity index is 776. The molecule has 0 radical (unpaired) electrons. The van der Waals surface area contributed by atoms with Gasteiger partial charge in [0.1, 0.15) is 11.5 Å². The van der Waals surface area contributed by atoms with Gasteiger partial charge in [0, 0.05) is 30.1 Å². The van der Waals surface area contributed by atoms with Crippen LogP contribution in [0.25, 0.3) is 22.5 Å². The molecule has 2 aromatic heterocycles. The van der Waals surface area contributed by atoms with Gasteiger partial charge in [0.2, 0.25) is 0 Å². The normalized spacial score (nSPS) is 14.2. The van der Waals surface area contributed by atoms with Gasteiger partial charge in [-0.1, -0.05) is 5.21 Å². The summed E-state index contributed by atoms with van der Waals surface area (Å²) in [7, 11) is 0. The summed E-state index contributed by atoms with van der Waals surface area (Å²) in [5.41, 5.74) is 3.66. The van der Waals surface area contributed by atoms with Gasteiger partial charge in [-0.2, -0.15) is 0 Å². The number of hydrogen-bond acceptors (Lipinski definition) is 3. The fraction of sp³-hybridized carbons (Fsp3) is 0.235. The SMILES string of the molecule is Fc1ccc(-c2nnn(CC3CC3)c2-c2ccncc2)cc1. The van der Waals surface area contributed by atoms with Gasteiger partial charge in [-0.25, -0.2) is 9.07 Å². The van der Waals surface area contributed by atoms with Crippen LogP contribution < -0.4 is 0 Å². The molecule has 1 aliphatic carbocycles. The molecule has 5 heteroatoms. The van der Waals surface area contributed by atoms with Crippen LogP contribution in [0.15, 0.2) is 48.8 Å². The van der Waals surface area contributed by atoms with Crippen molar-refractivity contribution in [3.05, 3.63) is 54.6 Å². The summed E-state index contributed by atoms with van der Waals surface area (Å²) in [4.78, 5) is 4.07. The molecule has 1 fully saturated rings. The number of hydrogen-bond donors (Lipinski definition) is 0. The Balaban J connectivity index is 1.83. The predicted molar refractivity (Wildman–Crippen MR) is 81.4 cm³/mol. The van der Waals surface area contributed by atoms with Crippen molar-refractivity contribution in [2.24, 2.45) is 5.92 Å². The van der Waals surface area contributed by atoms with Crippen LogP contribution in [0, 0.1) is 11.7 Å². The monoisotopic (exact) mass is 294 g/mol. The molecule has 1 aliphatic rings. The Hall–Kier alpha value is -2.56. The molecule has 0 spiro atoms. The summed E-state index contributed by atoms with van der Waals surface area (Å²) in [6, 6.07) is 10.3. The second-order valence-electron chi connectivity index (χ2n) is 5.65. The Morgan fingerprint density at radius 2 is 1.73 bits per heavy atom. The number of rotatable bonds is 4. The van der Waals surface area contributed by atoms with Gasteiger partial charge in [-0.05, 0) is 55.2 Å². The molecule has 1 saturated carbocycles. The smallest absolute Gasteiger partial charge is 0.123 e. The molecule has 0 atom stereocenters. The molecule has 22 heavy (non-hydrogen) atoms. The number of halogens is 1. The van der Waals surface area contributed by atoms with E-state index in [0.717, 1.165) is 29.1 Å². The van der Waals surface area contributed by atoms with Gasteiger partial charge >= 0.3 is 0 Å². The first-order valence-corrected chi connectivity index (χ1v) is 7.41. The van der Waals surface area contributed by atoms with E-state index < -0.39 is 0 Å². The quantitative estimate of drug-likeness (QED) is 0.739. The molecular weight excluding hydrogens is 279 g/mol. The lowest BCUT2D eigenvalue weighted by atomic mass is 10.1. The second-order valence-corrected chi connectivity index (χ2v) is 5.65. The minimum Gasteiger partial charge on any atom is -0.265 e. The average molecular weight is 294 g/mol. The van der Waals surface area contributed by atoms with E-state index in [9.17, 15) is 4.39 Å². The third kappa shape index (κ3) is 2.50. The minimum atomic E-state index is -0.250. The maximum Gasteiger partial charge on any atom is 0.123 e. The van der Waals surface area contributed by atoms with E-state index >= 15 is 0 Å². The van der Waals surface area contributed by atoms with Gasteiger partial charge in [-0.15, -0.1) is 5.10 Å². The third-order valence-electron chi connectivity index (χ3n) is 3.93. The largest absolute Gasteiger partial charge is 0.265 e. The lowest BCUT2D eigenvalue weighted by Gasteiger charge is -2.08. The Morgan fingerprint density at radius 1 is 1.00 bits per heavy atom. The topological polar surface area (TPSA) is 43.6 Å². The van der Waals surface area contributed by atoms with Crippen molar-refractivity contribution in [1.82, 2.24) is 20.0 Å². The highest BCUT2D eigenvalue weighted by molar-refractivity contribution is 5.77. The Labute approximate surface area is 127 Å². The lowest BCUT2D eigenvalue weighted by Crippen LogP contribution is -2.04. The maximum absolute atomic E-state index is 13.2. The highest BCUT2D eigenvalue weighted by Gasteiger charge is 2.25. The Morgan fingerprint density at radius 3 is 2.41 bits per heavy atom. The van der Waals surface area contributed by atoms with E-state index in [4.69, 9.17) is 0 Å². The van der Waals surface area contributed by atoms with Crippen LogP contribution in [-0.2, 0) is 6.54 Å². The van der Waals surface area contributed by atoms with Gasteiger partial charge in [0.25, 0.3) is 0 Å². The minimum absolute atomic E-state index is 0.250. The molecule has 1 aromatic carbocycles. The van der Waals surface area contributed by atoms with Crippen LogP contribution in [0.1, 0.15) is 12.8 Å². The maximum atomic E-state index is 13.2. The number of nitrogens with zero attached hydrogens (tertiary/aromatic N) is 4. The van der Waals surface area contributed by atoms with E-state index in [1.165, 1.54) is 25.0 Å². The zero-order chi connectivity index (χ0) is 14.9. The zero-order valence-corrected chi connectivity index (χ0v) is 12.0. The first-order valence-electron chi connectivity index (χ1n) is 7.41. The standard InChI is InChI=1S/C17H15FN4/c18-15-5-3-13(4-6-15)16-17(14-7-9-19-10-8-14)22(21-20-16)11-12-1-2-12/h3-10,12H,1-2,11H2. The van der Waals surface area contributed by atoms with Gasteiger partial charge in [0.05, 0.1) is 5.69 Å². The molecule has 0 bridgehead atoms. The lowest BCUT2D eigenvalue weighted by molar-refractivity contribution is 0.549. The summed E-state index contributed by atoms with van der Waals surface area (Å²) in [6.45, 7) is 0.881. The van der Waals surface area contributed by atoms with Crippen molar-refractivity contribution >= 4 is 0 Å². The van der Waals surface area contributed by atoms with Crippen LogP contribution in [0.2, 0.25) is 0 Å². The van der Waals surface area contributed by atoms with E-state index in [-0.39, 0.29) is 5.82 Å². The molecule has 0 amide bonds. The molecule has 3 aromatic rings. The predicted octanol–water partition coefficient (Wildman–Crippen LogP) is 3.56. The van der Waals surface area contributed by atoms with Crippen molar-refractivity contribution in [3.63, 3.8) is 0 Å². The molecule has 0 aliphatic heterocycles. The second kappa shape index (κ2) is 5.33. The van der Waals surface area contributed by atoms with Crippen LogP contribution in [0.5, 0.6) is 0 Å². The zero-order valence-electron chi connectivity index (χ0n) is 12.0. The van der Waals surface area contributed by atoms with Crippen LogP contribution >= 0.6 is 0 Å². The molecule has 4 rings (SSSR count). The molecule has 0 unspecified atom stereocenters. The summed E-state index contributed by atoms with van der Waals surface area (Å²) in [5, 5.41) is 8.67. The number of aromatic nitrogens is 4. The van der Waals surface area contributed by atoms with Crippen LogP contribution in [-0.4, -0.2) is 20.0 Å². The highest BCUT2D eigenvalue weighted by atomic mass is 19.1. The first-order chi connectivity index (χ1) is 10.8. The number of pyridine rings is 1. The van der Waals surface area contributed by atoms with Gasteiger partial charge in [-0.3, -0.25) is 4.98 Å². The molecule has 0 N–H and O–H groups in total. The summed E-state index contributed by atoms with van der Waals surface area (Å²) < 4.78 is 15.1. The van der Waals surface area contributed by atoms with Crippen molar-refractivity contribution < 1.29 is 4.39 Å². The third-order valence-corrected chi connectivity index (χ3v) is 3.93. The van der Waals surface area contributed by atoms with Gasteiger partial charge < -0.3 is 0 Å². The van der Waals surface area contributed by atoms with E-state index in [2.05, 4.69) is 15.3 Å². The molecular formula is C17H15FN4. The Kier molecular flexibility index (Phi) is 3.18. The van der Waals surface area contributed by atoms with Crippen molar-refractivity contribution in [2.45, 2.75) is 19.4 Å². The summed E-state index contributed by atoms with van der Waals surface area (Å²) in [5.74, 6) is 0.447. The summed E-state index contributed by atoms with van der Waals surface area (Å²) in [6.07, 6.45) is 6.03. The first kappa shape index (κ1) is 13.1. The fourth-order valence-corrected chi connectivity index (χ4v) is 2.58. The molecule has 4 nitrogen and oxygen atoms in total. The molecule has 110 valence electrons. The summed E-state index contributed by atoms with van der Waals surface area (Å²) >= 11 is 0. The van der Waals surface area contributed by atoms with Gasteiger partial charge in [0.15, 0.2) is 0 Å². The number of benzene rings is 1. The van der Waals surface area contributed by atoms with Crippen molar-refractivity contribution in [2.75, 3.05) is 0 Å². The average Bonchev–Trinajstić information content (AvgIpc) is 3.27. The molecule has 2 heterocycles. The van der Waals surface area contributed by atoms with E-state index in [1.807, 2.05) is 16.8 Å². The van der Waals surface area contributed by atoms with Crippen LogP contribution in [0.3, 0.4) is 0 Å². The van der Waals surface area contributed by atoms with E-state index in [1.54, 1.807) is 24.5 Å². The van der Waals surface area contributed by atoms with Crippen LogP contribution in [0.4, 0.5) is 4.39 Å². The van der Waals surface area contributed by atoms with E-state index in [0.29, 0.717) is 5.92 Å². The van der Waals surface area contributed by atoms with Crippen molar-refractivity contribution in [3.8, 4) is 22.5 Å². The van der Waals surface area contributed by atoms with Crippen molar-refractivity contribution in [1.29, 1.82) is 0 Å². The fourth-order valence-electron chi connectivity index (χ4n) is 2.58. The highest BCUT2D eigenvalue weighted by Crippen LogP contribution is 2.35.